The Bertz CT molecular complexity index is 441. The molecule has 120 valence electrons. The molecule has 1 aliphatic carbocycles. The van der Waals surface area contributed by atoms with Crippen molar-refractivity contribution in [3.05, 3.63) is 15.9 Å². The lowest BCUT2D eigenvalue weighted by molar-refractivity contribution is 0.280. The van der Waals surface area contributed by atoms with Gasteiger partial charge in [-0.15, -0.1) is 0 Å². The van der Waals surface area contributed by atoms with Crippen molar-refractivity contribution in [2.75, 3.05) is 6.54 Å². The molecule has 0 amide bonds. The number of aromatic nitrogens is 2. The number of nitrogens with zero attached hydrogens (tertiary/aromatic N) is 2. The van der Waals surface area contributed by atoms with E-state index < -0.39 is 0 Å². The Hall–Kier alpha value is -0.350. The van der Waals surface area contributed by atoms with Crippen LogP contribution >= 0.6 is 15.9 Å². The highest BCUT2D eigenvalue weighted by molar-refractivity contribution is 9.10. The summed E-state index contributed by atoms with van der Waals surface area (Å²) >= 11 is 3.79. The monoisotopic (exact) mass is 355 g/mol. The molecule has 0 spiro atoms. The molecule has 0 aliphatic heterocycles. The summed E-state index contributed by atoms with van der Waals surface area (Å²) in [6, 6.07) is 0.728. The molecule has 0 radical (unpaired) electrons. The molecule has 2 unspecified atom stereocenters. The highest BCUT2D eigenvalue weighted by Crippen LogP contribution is 2.31. The fourth-order valence-electron chi connectivity index (χ4n) is 3.50. The molecule has 21 heavy (non-hydrogen) atoms. The maximum absolute atomic E-state index is 4.73. The second kappa shape index (κ2) is 8.33. The van der Waals surface area contributed by atoms with E-state index in [1.165, 1.54) is 54.4 Å². The van der Waals surface area contributed by atoms with Crippen LogP contribution in [0.25, 0.3) is 0 Å². The first-order valence-corrected chi connectivity index (χ1v) is 9.46. The molecule has 1 heterocycles. The lowest BCUT2D eigenvalue weighted by Gasteiger charge is -2.30. The first kappa shape index (κ1) is 17.0. The maximum atomic E-state index is 4.73. The standard InChI is InChI=1S/C17H30BrN3/c1-4-10-19-14-9-7-8-13(11-14)12-16-17(18)15(5-2)20-21(16)6-3/h13-14,19H,4-12H2,1-3H3. The molecule has 2 rings (SSSR count). The minimum absolute atomic E-state index is 0.728. The summed E-state index contributed by atoms with van der Waals surface area (Å²) in [6.45, 7) is 8.75. The predicted octanol–water partition coefficient (Wildman–Crippen LogP) is 4.33. The van der Waals surface area contributed by atoms with Gasteiger partial charge in [-0.1, -0.05) is 20.3 Å². The lowest BCUT2D eigenvalue weighted by atomic mass is 9.83. The van der Waals surface area contributed by atoms with Gasteiger partial charge in [0.05, 0.1) is 15.9 Å². The minimum atomic E-state index is 0.728. The summed E-state index contributed by atoms with van der Waals surface area (Å²) in [5, 5.41) is 8.45. The van der Waals surface area contributed by atoms with Crippen LogP contribution in [-0.4, -0.2) is 22.4 Å². The van der Waals surface area contributed by atoms with Gasteiger partial charge < -0.3 is 5.32 Å². The molecule has 1 aromatic heterocycles. The Morgan fingerprint density at radius 3 is 2.76 bits per heavy atom. The van der Waals surface area contributed by atoms with E-state index >= 15 is 0 Å². The first-order valence-electron chi connectivity index (χ1n) is 8.66. The van der Waals surface area contributed by atoms with Crippen LogP contribution in [0, 0.1) is 5.92 Å². The van der Waals surface area contributed by atoms with Gasteiger partial charge in [-0.3, -0.25) is 4.68 Å². The smallest absolute Gasteiger partial charge is 0.0766 e. The lowest BCUT2D eigenvalue weighted by Crippen LogP contribution is -2.35. The van der Waals surface area contributed by atoms with Crippen LogP contribution in [0.2, 0.25) is 0 Å². The van der Waals surface area contributed by atoms with E-state index in [9.17, 15) is 0 Å². The number of hydrogen-bond donors (Lipinski definition) is 1. The van der Waals surface area contributed by atoms with Crippen molar-refractivity contribution >= 4 is 15.9 Å². The molecule has 0 saturated heterocycles. The van der Waals surface area contributed by atoms with Gasteiger partial charge in [-0.25, -0.2) is 0 Å². The van der Waals surface area contributed by atoms with Crippen molar-refractivity contribution < 1.29 is 0 Å². The zero-order chi connectivity index (χ0) is 15.2. The van der Waals surface area contributed by atoms with Gasteiger partial charge >= 0.3 is 0 Å². The molecule has 3 nitrogen and oxygen atoms in total. The second-order valence-corrected chi connectivity index (χ2v) is 7.06. The summed E-state index contributed by atoms with van der Waals surface area (Å²) in [5.74, 6) is 0.802. The molecular formula is C17H30BrN3. The third-order valence-electron chi connectivity index (χ3n) is 4.64. The topological polar surface area (TPSA) is 29.9 Å². The van der Waals surface area contributed by atoms with E-state index in [2.05, 4.69) is 46.7 Å². The summed E-state index contributed by atoms with van der Waals surface area (Å²) in [4.78, 5) is 0. The molecular weight excluding hydrogens is 326 g/mol. The van der Waals surface area contributed by atoms with Crippen molar-refractivity contribution in [3.63, 3.8) is 0 Å². The van der Waals surface area contributed by atoms with Gasteiger partial charge in [0.1, 0.15) is 0 Å². The Morgan fingerprint density at radius 1 is 1.29 bits per heavy atom. The molecule has 0 aromatic carbocycles. The average molecular weight is 356 g/mol. The maximum Gasteiger partial charge on any atom is 0.0766 e. The van der Waals surface area contributed by atoms with E-state index in [-0.39, 0.29) is 0 Å². The van der Waals surface area contributed by atoms with Gasteiger partial charge in [0.25, 0.3) is 0 Å². The normalized spacial score (nSPS) is 22.7. The van der Waals surface area contributed by atoms with Crippen molar-refractivity contribution in [3.8, 4) is 0 Å². The number of rotatable bonds is 7. The van der Waals surface area contributed by atoms with Crippen LogP contribution in [0.4, 0.5) is 0 Å². The number of aryl methyl sites for hydroxylation is 2. The highest BCUT2D eigenvalue weighted by Gasteiger charge is 2.24. The zero-order valence-corrected chi connectivity index (χ0v) is 15.4. The van der Waals surface area contributed by atoms with E-state index in [1.807, 2.05) is 0 Å². The van der Waals surface area contributed by atoms with E-state index in [4.69, 9.17) is 5.10 Å². The van der Waals surface area contributed by atoms with Crippen LogP contribution in [0.5, 0.6) is 0 Å². The van der Waals surface area contributed by atoms with Crippen molar-refractivity contribution in [1.29, 1.82) is 0 Å². The third-order valence-corrected chi connectivity index (χ3v) is 5.56. The number of hydrogen-bond acceptors (Lipinski definition) is 2. The van der Waals surface area contributed by atoms with Crippen LogP contribution < -0.4 is 5.32 Å². The van der Waals surface area contributed by atoms with Crippen molar-refractivity contribution in [2.45, 2.75) is 78.3 Å². The molecule has 4 heteroatoms. The molecule has 2 atom stereocenters. The van der Waals surface area contributed by atoms with Crippen LogP contribution in [-0.2, 0) is 19.4 Å². The van der Waals surface area contributed by atoms with Gasteiger partial charge in [0.2, 0.25) is 0 Å². The highest BCUT2D eigenvalue weighted by atomic mass is 79.9. The van der Waals surface area contributed by atoms with Crippen LogP contribution in [0.15, 0.2) is 4.47 Å². The summed E-state index contributed by atoms with van der Waals surface area (Å²) in [5.41, 5.74) is 2.62. The van der Waals surface area contributed by atoms with Gasteiger partial charge in [-0.05, 0) is 73.8 Å². The second-order valence-electron chi connectivity index (χ2n) is 6.26. The Kier molecular flexibility index (Phi) is 6.74. The van der Waals surface area contributed by atoms with Crippen LogP contribution in [0.1, 0.15) is 64.3 Å². The van der Waals surface area contributed by atoms with E-state index in [0.29, 0.717) is 0 Å². The van der Waals surface area contributed by atoms with Gasteiger partial charge in [0.15, 0.2) is 0 Å². The Morgan fingerprint density at radius 2 is 2.10 bits per heavy atom. The van der Waals surface area contributed by atoms with Crippen LogP contribution in [0.3, 0.4) is 0 Å². The summed E-state index contributed by atoms with van der Waals surface area (Å²) < 4.78 is 3.46. The largest absolute Gasteiger partial charge is 0.314 e. The summed E-state index contributed by atoms with van der Waals surface area (Å²) in [6.07, 6.45) is 8.82. The quantitative estimate of drug-likeness (QED) is 0.788. The molecule has 1 saturated carbocycles. The molecule has 1 aromatic rings. The molecule has 0 bridgehead atoms. The third kappa shape index (κ3) is 4.32. The zero-order valence-electron chi connectivity index (χ0n) is 13.8. The van der Waals surface area contributed by atoms with Gasteiger partial charge in [-0.2, -0.15) is 5.10 Å². The SMILES string of the molecule is CCCNC1CCCC(Cc2c(Br)c(CC)nn2CC)C1. The number of halogens is 1. The number of nitrogens with one attached hydrogen (secondary N) is 1. The Balaban J connectivity index is 2.02. The van der Waals surface area contributed by atoms with E-state index in [1.54, 1.807) is 0 Å². The average Bonchev–Trinajstić information content (AvgIpc) is 2.81. The fourth-order valence-corrected chi connectivity index (χ4v) is 4.22. The van der Waals surface area contributed by atoms with Gasteiger partial charge in [0, 0.05) is 12.6 Å². The fraction of sp³-hybridized carbons (Fsp3) is 0.824. The van der Waals surface area contributed by atoms with Crippen molar-refractivity contribution in [2.24, 2.45) is 5.92 Å². The predicted molar refractivity (Wildman–Crippen MR) is 92.7 cm³/mol. The minimum Gasteiger partial charge on any atom is -0.314 e. The Labute approximate surface area is 138 Å². The molecule has 1 fully saturated rings. The first-order chi connectivity index (χ1) is 10.2. The molecule has 1 aliphatic rings. The van der Waals surface area contributed by atoms with E-state index in [0.717, 1.165) is 31.5 Å². The van der Waals surface area contributed by atoms with Crippen molar-refractivity contribution in [1.82, 2.24) is 15.1 Å². The molecule has 1 N–H and O–H groups in total. The summed E-state index contributed by atoms with van der Waals surface area (Å²) in [7, 11) is 0.